The van der Waals surface area contributed by atoms with Gasteiger partial charge < -0.3 is 20.0 Å². The molecule has 0 fully saturated rings. The van der Waals surface area contributed by atoms with Crippen molar-refractivity contribution in [2.24, 2.45) is 0 Å². The Balaban J connectivity index is 2.82. The van der Waals surface area contributed by atoms with E-state index in [1.54, 1.807) is 45.0 Å². The van der Waals surface area contributed by atoms with E-state index in [9.17, 15) is 14.7 Å². The van der Waals surface area contributed by atoms with E-state index >= 15 is 0 Å². The van der Waals surface area contributed by atoms with E-state index in [1.165, 1.54) is 0 Å². The zero-order valence-corrected chi connectivity index (χ0v) is 13.2. The van der Waals surface area contributed by atoms with Crippen molar-refractivity contribution < 1.29 is 19.4 Å². The number of hydrogen-bond acceptors (Lipinski definition) is 4. The van der Waals surface area contributed by atoms with Gasteiger partial charge in [0.15, 0.2) is 0 Å². The van der Waals surface area contributed by atoms with Crippen LogP contribution in [0.1, 0.15) is 38.8 Å². The van der Waals surface area contributed by atoms with Crippen LogP contribution in [-0.2, 0) is 9.53 Å². The Labute approximate surface area is 126 Å². The van der Waals surface area contributed by atoms with Gasteiger partial charge in [-0.15, -0.1) is 0 Å². The molecule has 5 nitrogen and oxygen atoms in total. The highest BCUT2D eigenvalue weighted by Crippen LogP contribution is 2.20. The smallest absolute Gasteiger partial charge is 0.408 e. The van der Waals surface area contributed by atoms with Crippen molar-refractivity contribution in [3.05, 3.63) is 34.3 Å². The van der Waals surface area contributed by atoms with Crippen molar-refractivity contribution in [3.63, 3.8) is 0 Å². The zero-order chi connectivity index (χ0) is 15.3. The molecule has 1 atom stereocenters. The number of hydrogen-bond donors (Lipinski definition) is 1. The van der Waals surface area contributed by atoms with Crippen LogP contribution in [0.15, 0.2) is 28.7 Å². The minimum absolute atomic E-state index is 0.319. The summed E-state index contributed by atoms with van der Waals surface area (Å²) in [4.78, 5) is 22.5. The molecule has 0 heterocycles. The number of rotatable bonds is 4. The highest BCUT2D eigenvalue weighted by molar-refractivity contribution is 9.10. The van der Waals surface area contributed by atoms with E-state index in [2.05, 4.69) is 21.2 Å². The second-order valence-electron chi connectivity index (χ2n) is 5.33. The van der Waals surface area contributed by atoms with Gasteiger partial charge in [-0.1, -0.05) is 28.1 Å². The summed E-state index contributed by atoms with van der Waals surface area (Å²) in [5.41, 5.74) is 0.0267. The molecule has 20 heavy (non-hydrogen) atoms. The molecule has 0 aliphatic rings. The molecular formula is C14H17BrNO4-. The van der Waals surface area contributed by atoms with Crippen molar-refractivity contribution >= 4 is 28.0 Å². The number of benzene rings is 1. The molecule has 6 heteroatoms. The van der Waals surface area contributed by atoms with Crippen molar-refractivity contribution in [1.29, 1.82) is 0 Å². The topological polar surface area (TPSA) is 78.5 Å². The molecule has 0 saturated carbocycles. The van der Waals surface area contributed by atoms with Gasteiger partial charge in [0, 0.05) is 16.9 Å². The number of amides is 1. The third-order valence-corrected chi connectivity index (χ3v) is 2.86. The molecule has 0 unspecified atom stereocenters. The van der Waals surface area contributed by atoms with Crippen LogP contribution in [0.25, 0.3) is 0 Å². The van der Waals surface area contributed by atoms with E-state index in [0.717, 1.165) is 4.47 Å². The molecule has 0 bridgehead atoms. The summed E-state index contributed by atoms with van der Waals surface area (Å²) < 4.78 is 5.99. The Morgan fingerprint density at radius 3 is 2.30 bits per heavy atom. The number of carbonyl (C=O) groups excluding carboxylic acids is 2. The van der Waals surface area contributed by atoms with Crippen LogP contribution in [0, 0.1) is 0 Å². The van der Waals surface area contributed by atoms with Crippen LogP contribution in [0.5, 0.6) is 0 Å². The van der Waals surface area contributed by atoms with E-state index in [-0.39, 0.29) is 6.42 Å². The first-order chi connectivity index (χ1) is 9.17. The van der Waals surface area contributed by atoms with Crippen LogP contribution in [0.3, 0.4) is 0 Å². The lowest BCUT2D eigenvalue weighted by Crippen LogP contribution is -2.37. The molecule has 0 radical (unpaired) electrons. The lowest BCUT2D eigenvalue weighted by molar-refractivity contribution is -0.306. The first kappa shape index (κ1) is 16.5. The lowest BCUT2D eigenvalue weighted by atomic mass is 10.0. The molecule has 110 valence electrons. The molecule has 0 aliphatic carbocycles. The number of alkyl carbamates (subject to hydrolysis) is 1. The molecule has 0 aliphatic heterocycles. The monoisotopic (exact) mass is 342 g/mol. The molecule has 0 aromatic heterocycles. The number of carboxylic acid groups (broad SMARTS) is 1. The summed E-state index contributed by atoms with van der Waals surface area (Å²) in [7, 11) is 0. The van der Waals surface area contributed by atoms with Crippen LogP contribution < -0.4 is 10.4 Å². The van der Waals surface area contributed by atoms with Crippen molar-refractivity contribution in [1.82, 2.24) is 5.32 Å². The normalized spacial score (nSPS) is 12.6. The third-order valence-electron chi connectivity index (χ3n) is 2.33. The summed E-state index contributed by atoms with van der Waals surface area (Å²) in [6.45, 7) is 5.21. The highest BCUT2D eigenvalue weighted by Gasteiger charge is 2.20. The molecule has 1 aromatic carbocycles. The summed E-state index contributed by atoms with van der Waals surface area (Å²) in [5, 5.41) is 13.3. The van der Waals surface area contributed by atoms with Gasteiger partial charge in [0.2, 0.25) is 0 Å². The number of aliphatic carboxylic acids is 1. The van der Waals surface area contributed by atoms with Gasteiger partial charge in [-0.3, -0.25) is 0 Å². The molecule has 1 rings (SSSR count). The first-order valence-electron chi connectivity index (χ1n) is 6.12. The molecule has 0 spiro atoms. The Morgan fingerprint density at radius 1 is 1.30 bits per heavy atom. The number of carboxylic acids is 1. The van der Waals surface area contributed by atoms with Gasteiger partial charge in [0.25, 0.3) is 0 Å². The summed E-state index contributed by atoms with van der Waals surface area (Å²) in [5.74, 6) is -1.24. The maximum atomic E-state index is 11.7. The second-order valence-corrected chi connectivity index (χ2v) is 6.24. The number of nitrogens with one attached hydrogen (secondary N) is 1. The second kappa shape index (κ2) is 6.74. The van der Waals surface area contributed by atoms with Crippen molar-refractivity contribution in [3.8, 4) is 0 Å². The first-order valence-corrected chi connectivity index (χ1v) is 6.91. The minimum atomic E-state index is -1.24. The van der Waals surface area contributed by atoms with E-state index in [0.29, 0.717) is 5.56 Å². The van der Waals surface area contributed by atoms with Gasteiger partial charge in [-0.05, 0) is 38.5 Å². The van der Waals surface area contributed by atoms with Crippen LogP contribution in [0.4, 0.5) is 4.79 Å². The van der Waals surface area contributed by atoms with Gasteiger partial charge in [-0.2, -0.15) is 0 Å². The van der Waals surface area contributed by atoms with Gasteiger partial charge in [0.05, 0.1) is 6.04 Å². The molecule has 1 amide bonds. The van der Waals surface area contributed by atoms with E-state index in [4.69, 9.17) is 4.74 Å². The summed E-state index contributed by atoms with van der Waals surface area (Å²) in [6, 6.07) is 6.32. The molecule has 1 N–H and O–H groups in total. The average Bonchev–Trinajstić information content (AvgIpc) is 2.25. The summed E-state index contributed by atoms with van der Waals surface area (Å²) in [6.07, 6.45) is -0.979. The van der Waals surface area contributed by atoms with Crippen molar-refractivity contribution in [2.45, 2.75) is 38.8 Å². The SMILES string of the molecule is CC(C)(C)OC(=O)N[C@H](CC(=O)[O-])c1ccc(Br)cc1. The summed E-state index contributed by atoms with van der Waals surface area (Å²) >= 11 is 3.30. The van der Waals surface area contributed by atoms with E-state index < -0.39 is 23.7 Å². The molecular weight excluding hydrogens is 326 g/mol. The van der Waals surface area contributed by atoms with Gasteiger partial charge in [0.1, 0.15) is 5.60 Å². The maximum absolute atomic E-state index is 11.7. The van der Waals surface area contributed by atoms with Crippen LogP contribution >= 0.6 is 15.9 Å². The predicted molar refractivity (Wildman–Crippen MR) is 75.9 cm³/mol. The highest BCUT2D eigenvalue weighted by atomic mass is 79.9. The van der Waals surface area contributed by atoms with Crippen LogP contribution in [0.2, 0.25) is 0 Å². The Kier molecular flexibility index (Phi) is 5.56. The Morgan fingerprint density at radius 2 is 1.85 bits per heavy atom. The minimum Gasteiger partial charge on any atom is -0.550 e. The van der Waals surface area contributed by atoms with Gasteiger partial charge >= 0.3 is 6.09 Å². The maximum Gasteiger partial charge on any atom is 0.408 e. The van der Waals surface area contributed by atoms with E-state index in [1.807, 2.05) is 0 Å². The number of ether oxygens (including phenoxy) is 1. The third kappa shape index (κ3) is 6.06. The van der Waals surface area contributed by atoms with Crippen LogP contribution in [-0.4, -0.2) is 17.7 Å². The average molecular weight is 343 g/mol. The standard InChI is InChI=1S/C14H18BrNO4/c1-14(2,3)20-13(19)16-11(8-12(17)18)9-4-6-10(15)7-5-9/h4-7,11H,8H2,1-3H3,(H,16,19)(H,17,18)/p-1/t11-/m1/s1. The molecule has 1 aromatic rings. The fraction of sp³-hybridized carbons (Fsp3) is 0.429. The predicted octanol–water partition coefficient (Wildman–Crippen LogP) is 2.15. The quantitative estimate of drug-likeness (QED) is 0.909. The zero-order valence-electron chi connectivity index (χ0n) is 11.6. The number of halogens is 1. The largest absolute Gasteiger partial charge is 0.550 e. The van der Waals surface area contributed by atoms with Crippen molar-refractivity contribution in [2.75, 3.05) is 0 Å². The number of carbonyl (C=O) groups is 2. The fourth-order valence-corrected chi connectivity index (χ4v) is 1.83. The fourth-order valence-electron chi connectivity index (χ4n) is 1.56. The van der Waals surface area contributed by atoms with Gasteiger partial charge in [-0.25, -0.2) is 4.79 Å². The molecule has 0 saturated heterocycles. The lowest BCUT2D eigenvalue weighted by Gasteiger charge is -2.24. The Bertz CT molecular complexity index is 479. The Hall–Kier alpha value is -1.56.